The Morgan fingerprint density at radius 1 is 0.469 bits per heavy atom. The Balaban J connectivity index is 1.25. The van der Waals surface area contributed by atoms with Crippen molar-refractivity contribution in [2.75, 3.05) is 0 Å². The summed E-state index contributed by atoms with van der Waals surface area (Å²) in [6.45, 7) is 0. The molecule has 2 aromatic heterocycles. The van der Waals surface area contributed by atoms with Gasteiger partial charge in [-0.1, -0.05) is 12.1 Å². The number of hydrogen-bond donors (Lipinski definition) is 0. The molecule has 2 aliphatic heterocycles. The van der Waals surface area contributed by atoms with E-state index in [1.165, 1.54) is 36.4 Å². The number of nitrogens with zero attached hydrogens (tertiary/aromatic N) is 2. The van der Waals surface area contributed by atoms with Crippen molar-refractivity contribution in [3.8, 4) is 22.9 Å². The summed E-state index contributed by atoms with van der Waals surface area (Å²) in [6.07, 6.45) is -11.9. The standard InChI is InChI=1S/C33H12F6N2O8/c34-32(35,36)31(33(37,38)39,15-3-7-23-21(11-15)40-25(46-23)13-1-5-17-19(9-13)29(44)48-27(17)42)16-4-8-24-22(12-16)41-26(47-24)14-2-6-18-20(10-14)30(45)49-28(18)43/h1-12H. The van der Waals surface area contributed by atoms with Crippen LogP contribution in [-0.2, 0) is 14.9 Å². The molecule has 0 saturated carbocycles. The van der Waals surface area contributed by atoms with Crippen LogP contribution in [0.1, 0.15) is 52.6 Å². The SMILES string of the molecule is O=C1OC(=O)c2cc(-c3nc4cc(C(c5ccc6oc(-c7ccc8c(c7)C(=O)OC8=O)nc6c5)(C(F)(F)F)C(F)(F)F)ccc4o3)ccc21. The highest BCUT2D eigenvalue weighted by Crippen LogP contribution is 2.57. The second-order valence-corrected chi connectivity index (χ2v) is 11.0. The molecule has 2 aliphatic rings. The summed E-state index contributed by atoms with van der Waals surface area (Å²) < 4.78 is 110. The molecule has 6 aromatic rings. The van der Waals surface area contributed by atoms with Gasteiger partial charge in [0.15, 0.2) is 11.2 Å². The predicted octanol–water partition coefficient (Wildman–Crippen LogP) is 7.33. The summed E-state index contributed by atoms with van der Waals surface area (Å²) in [4.78, 5) is 55.7. The van der Waals surface area contributed by atoms with Crippen molar-refractivity contribution in [2.45, 2.75) is 17.8 Å². The van der Waals surface area contributed by atoms with Gasteiger partial charge in [-0.15, -0.1) is 0 Å². The van der Waals surface area contributed by atoms with Crippen LogP contribution in [0.3, 0.4) is 0 Å². The molecule has 0 fully saturated rings. The molecule has 0 spiro atoms. The van der Waals surface area contributed by atoms with Gasteiger partial charge in [0.1, 0.15) is 11.0 Å². The minimum atomic E-state index is -5.95. The number of esters is 4. The highest BCUT2D eigenvalue weighted by Gasteiger charge is 2.72. The van der Waals surface area contributed by atoms with Gasteiger partial charge in [0.25, 0.3) is 0 Å². The molecule has 0 bridgehead atoms. The zero-order valence-electron chi connectivity index (χ0n) is 23.9. The van der Waals surface area contributed by atoms with Crippen LogP contribution < -0.4 is 0 Å². The summed E-state index contributed by atoms with van der Waals surface area (Å²) >= 11 is 0. The molecule has 0 radical (unpaired) electrons. The Bertz CT molecular complexity index is 2300. The highest BCUT2D eigenvalue weighted by atomic mass is 19.4. The molecule has 0 saturated heterocycles. The number of oxazole rings is 2. The van der Waals surface area contributed by atoms with E-state index in [1.807, 2.05) is 0 Å². The lowest BCUT2D eigenvalue weighted by Crippen LogP contribution is -2.54. The largest absolute Gasteiger partial charge is 0.436 e. The number of hydrogen-bond acceptors (Lipinski definition) is 10. The molecule has 49 heavy (non-hydrogen) atoms. The number of carbonyl (C=O) groups excluding carboxylic acids is 4. The summed E-state index contributed by atoms with van der Waals surface area (Å²) in [5, 5.41) is 0. The van der Waals surface area contributed by atoms with Gasteiger partial charge in [-0.05, 0) is 71.8 Å². The molecule has 8 rings (SSSR count). The van der Waals surface area contributed by atoms with E-state index >= 15 is 26.3 Å². The molecule has 0 N–H and O–H groups in total. The van der Waals surface area contributed by atoms with Crippen LogP contribution in [0.15, 0.2) is 81.6 Å². The second-order valence-electron chi connectivity index (χ2n) is 11.0. The van der Waals surface area contributed by atoms with Crippen LogP contribution in [0.2, 0.25) is 0 Å². The fourth-order valence-electron chi connectivity index (χ4n) is 5.99. The molecule has 10 nitrogen and oxygen atoms in total. The first-order valence-corrected chi connectivity index (χ1v) is 13.9. The van der Waals surface area contributed by atoms with Crippen molar-refractivity contribution in [3.63, 3.8) is 0 Å². The maximum Gasteiger partial charge on any atom is 0.411 e. The number of halogens is 6. The number of benzene rings is 4. The van der Waals surface area contributed by atoms with Gasteiger partial charge >= 0.3 is 36.2 Å². The summed E-state index contributed by atoms with van der Waals surface area (Å²) in [6, 6.07) is 11.9. The smallest absolute Gasteiger partial charge is 0.411 e. The Hall–Kier alpha value is -6.32. The van der Waals surface area contributed by atoms with Gasteiger partial charge in [0.05, 0.1) is 22.3 Å². The molecule has 0 unspecified atom stereocenters. The van der Waals surface area contributed by atoms with E-state index in [-0.39, 0.29) is 67.4 Å². The zero-order valence-corrected chi connectivity index (χ0v) is 23.9. The van der Waals surface area contributed by atoms with Gasteiger partial charge < -0.3 is 18.3 Å². The van der Waals surface area contributed by atoms with Gasteiger partial charge in [-0.2, -0.15) is 26.3 Å². The van der Waals surface area contributed by atoms with Crippen molar-refractivity contribution in [3.05, 3.63) is 106 Å². The Kier molecular flexibility index (Phi) is 6.04. The molecule has 0 amide bonds. The highest BCUT2D eigenvalue weighted by molar-refractivity contribution is 6.16. The number of ether oxygens (including phenoxy) is 2. The number of rotatable bonds is 4. The third-order valence-electron chi connectivity index (χ3n) is 8.28. The van der Waals surface area contributed by atoms with Crippen LogP contribution in [-0.4, -0.2) is 46.2 Å². The lowest BCUT2D eigenvalue weighted by Gasteiger charge is -2.38. The van der Waals surface area contributed by atoms with Gasteiger partial charge in [0, 0.05) is 11.1 Å². The number of aromatic nitrogens is 2. The monoisotopic (exact) mass is 678 g/mol. The van der Waals surface area contributed by atoms with E-state index in [1.54, 1.807) is 0 Å². The second kappa shape index (κ2) is 9.85. The van der Waals surface area contributed by atoms with Gasteiger partial charge in [0.2, 0.25) is 17.2 Å². The van der Waals surface area contributed by atoms with Crippen molar-refractivity contribution >= 4 is 46.1 Å². The summed E-state index contributed by atoms with van der Waals surface area (Å²) in [5.74, 6) is -4.12. The quantitative estimate of drug-likeness (QED) is 0.106. The fraction of sp³-hybridized carbons (Fsp3) is 0.0909. The lowest BCUT2D eigenvalue weighted by atomic mass is 9.72. The molecular formula is C33H12F6N2O8. The number of fused-ring (bicyclic) bond motifs is 4. The number of carbonyl (C=O) groups is 4. The van der Waals surface area contributed by atoms with E-state index in [4.69, 9.17) is 8.83 Å². The van der Waals surface area contributed by atoms with Crippen LogP contribution >= 0.6 is 0 Å². The first-order valence-electron chi connectivity index (χ1n) is 13.9. The molecule has 0 atom stereocenters. The van der Waals surface area contributed by atoms with E-state index in [0.29, 0.717) is 24.3 Å². The van der Waals surface area contributed by atoms with Crippen molar-refractivity contribution in [1.29, 1.82) is 0 Å². The first kappa shape index (κ1) is 30.0. The van der Waals surface area contributed by atoms with Gasteiger partial charge in [-0.25, -0.2) is 29.1 Å². The zero-order chi connectivity index (χ0) is 34.6. The van der Waals surface area contributed by atoms with Crippen molar-refractivity contribution in [1.82, 2.24) is 9.97 Å². The number of cyclic esters (lactones) is 4. The molecule has 16 heteroatoms. The maximum atomic E-state index is 15.0. The predicted molar refractivity (Wildman–Crippen MR) is 151 cm³/mol. The summed E-state index contributed by atoms with van der Waals surface area (Å²) in [5.41, 5.74) is -8.14. The fourth-order valence-corrected chi connectivity index (χ4v) is 5.99. The van der Waals surface area contributed by atoms with E-state index < -0.39 is 52.8 Å². The average molecular weight is 678 g/mol. The minimum absolute atomic E-state index is 0.0306. The topological polar surface area (TPSA) is 139 Å². The van der Waals surface area contributed by atoms with Crippen LogP contribution in [0.5, 0.6) is 0 Å². The van der Waals surface area contributed by atoms with E-state index in [9.17, 15) is 19.2 Å². The van der Waals surface area contributed by atoms with Crippen LogP contribution in [0, 0.1) is 0 Å². The maximum absolute atomic E-state index is 15.0. The minimum Gasteiger partial charge on any atom is -0.436 e. The summed E-state index contributed by atoms with van der Waals surface area (Å²) in [7, 11) is 0. The Morgan fingerprint density at radius 3 is 1.24 bits per heavy atom. The van der Waals surface area contributed by atoms with E-state index in [2.05, 4.69) is 19.4 Å². The Labute approximate surface area is 266 Å². The normalized spacial score (nSPS) is 14.8. The molecular weight excluding hydrogens is 666 g/mol. The van der Waals surface area contributed by atoms with Crippen LogP contribution in [0.25, 0.3) is 45.1 Å². The van der Waals surface area contributed by atoms with Crippen molar-refractivity contribution < 1.29 is 63.8 Å². The Morgan fingerprint density at radius 2 is 0.857 bits per heavy atom. The first-order chi connectivity index (χ1) is 23.2. The lowest BCUT2D eigenvalue weighted by molar-refractivity contribution is -0.288. The van der Waals surface area contributed by atoms with E-state index in [0.717, 1.165) is 12.1 Å². The third kappa shape index (κ3) is 4.29. The molecule has 4 heterocycles. The molecule has 0 aliphatic carbocycles. The van der Waals surface area contributed by atoms with Gasteiger partial charge in [-0.3, -0.25) is 0 Å². The molecule has 244 valence electrons. The van der Waals surface area contributed by atoms with Crippen LogP contribution in [0.4, 0.5) is 26.3 Å². The third-order valence-corrected chi connectivity index (χ3v) is 8.28. The average Bonchev–Trinajstić information content (AvgIpc) is 3.79. The molecule has 4 aromatic carbocycles. The van der Waals surface area contributed by atoms with Crippen molar-refractivity contribution in [2.24, 2.45) is 0 Å². The number of alkyl halides is 6.